The highest BCUT2D eigenvalue weighted by molar-refractivity contribution is 5.98. The van der Waals surface area contributed by atoms with Gasteiger partial charge in [0.15, 0.2) is 11.2 Å². The number of hydrogen-bond donors (Lipinski definition) is 2. The van der Waals surface area contributed by atoms with Gasteiger partial charge in [-0.15, -0.1) is 0 Å². The van der Waals surface area contributed by atoms with Gasteiger partial charge in [-0.05, 0) is 69.6 Å². The van der Waals surface area contributed by atoms with E-state index in [0.29, 0.717) is 25.7 Å². The molecular formula is C22H28N2O6. The summed E-state index contributed by atoms with van der Waals surface area (Å²) in [5.41, 5.74) is 8.62. The predicted octanol–water partition coefficient (Wildman–Crippen LogP) is 2.38. The third-order valence-electron chi connectivity index (χ3n) is 6.13. The maximum atomic E-state index is 12.7. The van der Waals surface area contributed by atoms with Crippen LogP contribution in [0.1, 0.15) is 84.9 Å². The Morgan fingerprint density at radius 3 is 1.37 bits per heavy atom. The molecule has 1 aromatic carbocycles. The molecule has 2 saturated carbocycles. The van der Waals surface area contributed by atoms with E-state index < -0.39 is 35.0 Å². The van der Waals surface area contributed by atoms with Gasteiger partial charge in [0.1, 0.15) is 0 Å². The Morgan fingerprint density at radius 2 is 1.03 bits per heavy atom. The van der Waals surface area contributed by atoms with Gasteiger partial charge in [0.05, 0.1) is 11.1 Å². The lowest BCUT2D eigenvalue weighted by molar-refractivity contribution is -0.141. The molecule has 8 heteroatoms. The van der Waals surface area contributed by atoms with Crippen molar-refractivity contribution < 1.29 is 28.7 Å². The first-order valence-electron chi connectivity index (χ1n) is 10.4. The number of esters is 2. The van der Waals surface area contributed by atoms with Crippen molar-refractivity contribution in [3.8, 4) is 0 Å². The smallest absolute Gasteiger partial charge is 0.339 e. The minimum Gasteiger partial charge on any atom is -0.445 e. The highest BCUT2D eigenvalue weighted by Crippen LogP contribution is 2.34. The molecule has 0 saturated heterocycles. The summed E-state index contributed by atoms with van der Waals surface area (Å²) in [5, 5.41) is 0. The lowest BCUT2D eigenvalue weighted by atomic mass is 9.84. The van der Waals surface area contributed by atoms with E-state index in [-0.39, 0.29) is 11.1 Å². The fourth-order valence-corrected chi connectivity index (χ4v) is 4.29. The number of benzene rings is 1. The molecule has 162 valence electrons. The van der Waals surface area contributed by atoms with Crippen LogP contribution in [0.25, 0.3) is 0 Å². The summed E-state index contributed by atoms with van der Waals surface area (Å²) >= 11 is 0. The Balaban J connectivity index is 1.76. The van der Waals surface area contributed by atoms with Crippen molar-refractivity contribution in [1.29, 1.82) is 0 Å². The molecule has 2 fully saturated rings. The SMILES string of the molecule is NC(=O)C1(OC(=O)c2cccc(C(=O)OC3(C(N)=O)CCCCC3)c2)CCCCC1. The summed E-state index contributed by atoms with van der Waals surface area (Å²) in [5.74, 6) is -2.78. The predicted molar refractivity (Wildman–Crippen MR) is 107 cm³/mol. The normalized spacial score (nSPS) is 20.0. The van der Waals surface area contributed by atoms with Crippen molar-refractivity contribution >= 4 is 23.8 Å². The van der Waals surface area contributed by atoms with Crippen LogP contribution in [0.5, 0.6) is 0 Å². The Labute approximate surface area is 175 Å². The van der Waals surface area contributed by atoms with Gasteiger partial charge in [-0.25, -0.2) is 9.59 Å². The minimum absolute atomic E-state index is 0.104. The molecule has 8 nitrogen and oxygen atoms in total. The molecule has 0 bridgehead atoms. The molecule has 1 aromatic rings. The van der Waals surface area contributed by atoms with Crippen LogP contribution in [0.4, 0.5) is 0 Å². The third-order valence-corrected chi connectivity index (χ3v) is 6.13. The number of ether oxygens (including phenoxy) is 2. The van der Waals surface area contributed by atoms with E-state index >= 15 is 0 Å². The monoisotopic (exact) mass is 416 g/mol. The lowest BCUT2D eigenvalue weighted by Crippen LogP contribution is -2.49. The maximum absolute atomic E-state index is 12.7. The number of nitrogens with two attached hydrogens (primary N) is 2. The summed E-state index contributed by atoms with van der Waals surface area (Å²) < 4.78 is 11.1. The Kier molecular flexibility index (Phi) is 6.43. The molecule has 0 spiro atoms. The molecule has 30 heavy (non-hydrogen) atoms. The number of hydrogen-bond acceptors (Lipinski definition) is 6. The topological polar surface area (TPSA) is 139 Å². The molecule has 0 aliphatic heterocycles. The van der Waals surface area contributed by atoms with Crippen molar-refractivity contribution in [1.82, 2.24) is 0 Å². The molecule has 3 rings (SSSR count). The number of carbonyl (C=O) groups excluding carboxylic acids is 4. The van der Waals surface area contributed by atoms with E-state index in [0.717, 1.165) is 38.5 Å². The Hall–Kier alpha value is -2.90. The van der Waals surface area contributed by atoms with Crippen LogP contribution in [0.3, 0.4) is 0 Å². The summed E-state index contributed by atoms with van der Waals surface area (Å²) in [6.07, 6.45) is 6.44. The van der Waals surface area contributed by atoms with E-state index in [1.165, 1.54) is 24.3 Å². The molecule has 4 N–H and O–H groups in total. The minimum atomic E-state index is -1.32. The molecule has 2 aliphatic rings. The summed E-state index contributed by atoms with van der Waals surface area (Å²) in [4.78, 5) is 49.3. The lowest BCUT2D eigenvalue weighted by Gasteiger charge is -2.34. The molecule has 0 heterocycles. The molecule has 0 unspecified atom stereocenters. The first-order chi connectivity index (χ1) is 14.3. The highest BCUT2D eigenvalue weighted by Gasteiger charge is 2.43. The molecular weight excluding hydrogens is 388 g/mol. The van der Waals surface area contributed by atoms with Crippen molar-refractivity contribution in [3.05, 3.63) is 35.4 Å². The first-order valence-corrected chi connectivity index (χ1v) is 10.4. The zero-order chi connectivity index (χ0) is 21.8. The zero-order valence-corrected chi connectivity index (χ0v) is 17.0. The third kappa shape index (κ3) is 4.47. The number of rotatable bonds is 6. The zero-order valence-electron chi connectivity index (χ0n) is 17.0. The van der Waals surface area contributed by atoms with Gasteiger partial charge >= 0.3 is 11.9 Å². The average molecular weight is 416 g/mol. The van der Waals surface area contributed by atoms with E-state index in [4.69, 9.17) is 20.9 Å². The number of carbonyl (C=O) groups is 4. The Bertz CT molecular complexity index is 773. The summed E-state index contributed by atoms with van der Waals surface area (Å²) in [7, 11) is 0. The van der Waals surface area contributed by atoms with Crippen molar-refractivity contribution in [2.45, 2.75) is 75.4 Å². The van der Waals surface area contributed by atoms with Gasteiger partial charge in [0.2, 0.25) is 0 Å². The van der Waals surface area contributed by atoms with Gasteiger partial charge in [0.25, 0.3) is 11.8 Å². The summed E-state index contributed by atoms with van der Waals surface area (Å²) in [6, 6.07) is 5.82. The van der Waals surface area contributed by atoms with Crippen LogP contribution in [0, 0.1) is 0 Å². The average Bonchev–Trinajstić information content (AvgIpc) is 2.75. The van der Waals surface area contributed by atoms with Gasteiger partial charge < -0.3 is 20.9 Å². The molecule has 0 aromatic heterocycles. The van der Waals surface area contributed by atoms with E-state index in [1.807, 2.05) is 0 Å². The maximum Gasteiger partial charge on any atom is 0.339 e. The van der Waals surface area contributed by atoms with Crippen LogP contribution < -0.4 is 11.5 Å². The van der Waals surface area contributed by atoms with Crippen LogP contribution in [-0.4, -0.2) is 35.0 Å². The first kappa shape index (κ1) is 21.8. The second kappa shape index (κ2) is 8.85. The molecule has 2 amide bonds. The molecule has 0 atom stereocenters. The fraction of sp³-hybridized carbons (Fsp3) is 0.545. The van der Waals surface area contributed by atoms with Crippen molar-refractivity contribution in [2.24, 2.45) is 11.5 Å². The second-order valence-electron chi connectivity index (χ2n) is 8.20. The van der Waals surface area contributed by atoms with Crippen LogP contribution in [-0.2, 0) is 19.1 Å². The fourth-order valence-electron chi connectivity index (χ4n) is 4.29. The van der Waals surface area contributed by atoms with Crippen LogP contribution in [0.2, 0.25) is 0 Å². The van der Waals surface area contributed by atoms with Crippen molar-refractivity contribution in [2.75, 3.05) is 0 Å². The van der Waals surface area contributed by atoms with Gasteiger partial charge in [-0.3, -0.25) is 9.59 Å². The van der Waals surface area contributed by atoms with Gasteiger partial charge in [0, 0.05) is 0 Å². The molecule has 0 radical (unpaired) electrons. The standard InChI is InChI=1S/C22H28N2O6/c23-19(27)21(10-3-1-4-11-21)29-17(25)15-8-7-9-16(14-15)18(26)30-22(20(24)28)12-5-2-6-13-22/h7-9,14H,1-6,10-13H2,(H2,23,27)(H2,24,28). The molecule has 2 aliphatic carbocycles. The van der Waals surface area contributed by atoms with E-state index in [1.54, 1.807) is 0 Å². The van der Waals surface area contributed by atoms with Crippen LogP contribution >= 0.6 is 0 Å². The van der Waals surface area contributed by atoms with Gasteiger partial charge in [-0.1, -0.05) is 18.9 Å². The number of primary amides is 2. The number of amides is 2. The van der Waals surface area contributed by atoms with E-state index in [2.05, 4.69) is 0 Å². The quantitative estimate of drug-likeness (QED) is 0.683. The van der Waals surface area contributed by atoms with Crippen molar-refractivity contribution in [3.63, 3.8) is 0 Å². The van der Waals surface area contributed by atoms with E-state index in [9.17, 15) is 19.2 Å². The highest BCUT2D eigenvalue weighted by atomic mass is 16.6. The van der Waals surface area contributed by atoms with Gasteiger partial charge in [-0.2, -0.15) is 0 Å². The second-order valence-corrected chi connectivity index (χ2v) is 8.20. The summed E-state index contributed by atoms with van der Waals surface area (Å²) in [6.45, 7) is 0. The van der Waals surface area contributed by atoms with Crippen LogP contribution in [0.15, 0.2) is 24.3 Å². The largest absolute Gasteiger partial charge is 0.445 e. The Morgan fingerprint density at radius 1 is 0.667 bits per heavy atom.